The largest absolute Gasteiger partial charge is 0.461 e. The van der Waals surface area contributed by atoms with Crippen LogP contribution in [0, 0.1) is 47.3 Å². The highest BCUT2D eigenvalue weighted by atomic mass is 16.6. The van der Waals surface area contributed by atoms with Crippen LogP contribution in [0.2, 0.25) is 0 Å². The lowest BCUT2D eigenvalue weighted by Gasteiger charge is -2.25. The number of carbonyl (C=O) groups is 6. The molecule has 13 heteroatoms. The first-order chi connectivity index (χ1) is 32.4. The van der Waals surface area contributed by atoms with E-state index < -0.39 is 24.1 Å². The molecule has 0 aromatic carbocycles. The molecule has 384 valence electrons. The van der Waals surface area contributed by atoms with Crippen LogP contribution < -0.4 is 5.32 Å². The lowest BCUT2D eigenvalue weighted by molar-refractivity contribution is -0.655. The van der Waals surface area contributed by atoms with E-state index in [2.05, 4.69) is 0 Å². The van der Waals surface area contributed by atoms with Gasteiger partial charge in [-0.05, 0) is 49.4 Å². The normalized spacial score (nSPS) is 20.6. The van der Waals surface area contributed by atoms with Crippen molar-refractivity contribution in [2.45, 2.75) is 220 Å². The minimum absolute atomic E-state index is 0.130. The number of carbonyl (C=O) groups excluding carboxylic acids is 6. The Morgan fingerprint density at radius 1 is 0.388 bits per heavy atom. The van der Waals surface area contributed by atoms with Gasteiger partial charge in [0.25, 0.3) is 0 Å². The van der Waals surface area contributed by atoms with E-state index in [0.29, 0.717) is 49.6 Å². The molecule has 2 N–H and O–H groups in total. The summed E-state index contributed by atoms with van der Waals surface area (Å²) in [5.41, 5.74) is 0. The third-order valence-corrected chi connectivity index (χ3v) is 15.1. The van der Waals surface area contributed by atoms with Gasteiger partial charge >= 0.3 is 35.8 Å². The van der Waals surface area contributed by atoms with Gasteiger partial charge in [-0.2, -0.15) is 0 Å². The Kier molecular flexibility index (Phi) is 27.4. The van der Waals surface area contributed by atoms with Crippen LogP contribution in [0.15, 0.2) is 0 Å². The molecule has 0 saturated heterocycles. The van der Waals surface area contributed by atoms with E-state index in [1.807, 2.05) is 33.0 Å². The zero-order valence-corrected chi connectivity index (χ0v) is 42.3. The third kappa shape index (κ3) is 23.8. The average Bonchev–Trinajstić information content (AvgIpc) is 3.33. The van der Waals surface area contributed by atoms with Crippen LogP contribution in [-0.4, -0.2) is 87.5 Å². The summed E-state index contributed by atoms with van der Waals surface area (Å²) in [6.45, 7) is 8.10. The fourth-order valence-corrected chi connectivity index (χ4v) is 11.0. The van der Waals surface area contributed by atoms with Crippen molar-refractivity contribution in [1.29, 1.82) is 0 Å². The third-order valence-electron chi connectivity index (χ3n) is 15.1. The monoisotopic (exact) mass is 947 g/mol. The van der Waals surface area contributed by atoms with Gasteiger partial charge in [0.1, 0.15) is 26.4 Å². The van der Waals surface area contributed by atoms with E-state index in [-0.39, 0.29) is 86.8 Å². The Hall–Kier alpha value is -3.22. The predicted molar refractivity (Wildman–Crippen MR) is 255 cm³/mol. The van der Waals surface area contributed by atoms with E-state index in [1.54, 1.807) is 0 Å². The summed E-state index contributed by atoms with van der Waals surface area (Å²) < 4.78 is 34.1. The molecule has 0 aromatic heterocycles. The summed E-state index contributed by atoms with van der Waals surface area (Å²) in [5.74, 6) is -1.19. The molecule has 0 heterocycles. The Morgan fingerprint density at radius 3 is 0.866 bits per heavy atom. The van der Waals surface area contributed by atoms with Crippen molar-refractivity contribution < 1.29 is 62.5 Å². The number of esters is 6. The Balaban J connectivity index is 1.17. The topological polar surface area (TPSA) is 174 Å². The molecule has 4 saturated carbocycles. The number of quaternary nitrogens is 1. The molecular weight excluding hydrogens is 855 g/mol. The van der Waals surface area contributed by atoms with Gasteiger partial charge in [0, 0.05) is 12.8 Å². The number of hydrogen-bond donors (Lipinski definition) is 1. The van der Waals surface area contributed by atoms with Crippen LogP contribution in [0.5, 0.6) is 0 Å². The van der Waals surface area contributed by atoms with E-state index >= 15 is 0 Å². The van der Waals surface area contributed by atoms with Gasteiger partial charge in [-0.25, -0.2) is 0 Å². The van der Waals surface area contributed by atoms with Gasteiger partial charge in [0.05, 0.1) is 49.6 Å². The number of nitrogens with two attached hydrogens (primary N) is 1. The van der Waals surface area contributed by atoms with Gasteiger partial charge < -0.3 is 33.7 Å². The first-order valence-corrected chi connectivity index (χ1v) is 27.2. The van der Waals surface area contributed by atoms with Crippen LogP contribution in [0.25, 0.3) is 0 Å². The number of rotatable bonds is 30. The summed E-state index contributed by atoms with van der Waals surface area (Å²) in [4.78, 5) is 78.0. The summed E-state index contributed by atoms with van der Waals surface area (Å²) >= 11 is 0. The van der Waals surface area contributed by atoms with Gasteiger partial charge in [0.15, 0.2) is 12.2 Å². The molecule has 67 heavy (non-hydrogen) atoms. The highest BCUT2D eigenvalue weighted by Crippen LogP contribution is 2.32. The van der Waals surface area contributed by atoms with Gasteiger partial charge in [-0.3, -0.25) is 28.8 Å². The molecule has 0 radical (unpaired) electrons. The number of hydrogen-bond acceptors (Lipinski definition) is 12. The van der Waals surface area contributed by atoms with E-state index in [4.69, 9.17) is 28.4 Å². The van der Waals surface area contributed by atoms with E-state index in [9.17, 15) is 28.8 Å². The van der Waals surface area contributed by atoms with Crippen LogP contribution in [0.3, 0.4) is 0 Å². The maximum absolute atomic E-state index is 13.0. The molecule has 4 fully saturated rings. The molecule has 0 amide bonds. The Labute approximate surface area is 403 Å². The zero-order chi connectivity index (χ0) is 48.2. The Bertz CT molecular complexity index is 1260. The van der Waals surface area contributed by atoms with Crippen molar-refractivity contribution >= 4 is 35.8 Å². The van der Waals surface area contributed by atoms with E-state index in [0.717, 1.165) is 77.0 Å². The van der Waals surface area contributed by atoms with Gasteiger partial charge in [-0.1, -0.05) is 156 Å². The summed E-state index contributed by atoms with van der Waals surface area (Å²) in [6, 6.07) is 0. The SMILES string of the molecule is CC(CC1CCCCC1)C(=O)OCC(COC(=O)C(C)CC1CCCCC1)OC(=O)CCC[NH2+]CCCC(=O)OC(COC(=O)C(C)CC1CCCCC1)COC(=O)C(C)CC1CCCCC1. The molecule has 0 spiro atoms. The summed E-state index contributed by atoms with van der Waals surface area (Å²) in [6.07, 6.45) is 26.3. The minimum atomic E-state index is -0.898. The lowest BCUT2D eigenvalue weighted by Crippen LogP contribution is -2.84. The zero-order valence-electron chi connectivity index (χ0n) is 42.3. The molecule has 13 nitrogen and oxygen atoms in total. The molecule has 0 bridgehead atoms. The second-order valence-corrected chi connectivity index (χ2v) is 21.4. The van der Waals surface area contributed by atoms with Crippen molar-refractivity contribution in [3.63, 3.8) is 0 Å². The standard InChI is InChI=1S/C54H91NO12/c1-39(31-43-19-9-5-10-20-43)51(58)62-35-47(36-63-52(59)40(2)32-44-21-11-6-12-22-44)66-49(56)27-17-29-55-30-18-28-50(57)67-48(37-64-53(60)41(3)33-45-23-13-7-14-24-45)38-65-54(61)42(4)34-46-25-15-8-16-26-46/h39-48,55H,5-38H2,1-4H3/p+1. The maximum atomic E-state index is 13.0. The highest BCUT2D eigenvalue weighted by Gasteiger charge is 2.29. The first-order valence-electron chi connectivity index (χ1n) is 27.2. The molecular formula is C54H92NO12+. The number of ether oxygens (including phenoxy) is 6. The van der Waals surface area contributed by atoms with Crippen molar-refractivity contribution in [3.8, 4) is 0 Å². The van der Waals surface area contributed by atoms with Crippen LogP contribution >= 0.6 is 0 Å². The molecule has 4 atom stereocenters. The van der Waals surface area contributed by atoms with Crippen molar-refractivity contribution in [3.05, 3.63) is 0 Å². The maximum Gasteiger partial charge on any atom is 0.308 e. The van der Waals surface area contributed by atoms with Crippen LogP contribution in [0.1, 0.15) is 207 Å². The fourth-order valence-electron chi connectivity index (χ4n) is 11.0. The molecule has 4 aliphatic rings. The lowest BCUT2D eigenvalue weighted by atomic mass is 9.83. The first kappa shape index (κ1) is 56.4. The summed E-state index contributed by atoms with van der Waals surface area (Å²) in [5, 5.41) is 2.02. The van der Waals surface area contributed by atoms with Crippen molar-refractivity contribution in [2.24, 2.45) is 47.3 Å². The highest BCUT2D eigenvalue weighted by molar-refractivity contribution is 5.74. The smallest absolute Gasteiger partial charge is 0.308 e. The quantitative estimate of drug-likeness (QED) is 0.0411. The fraction of sp³-hybridized carbons (Fsp3) is 0.889. The predicted octanol–water partition coefficient (Wildman–Crippen LogP) is 9.53. The van der Waals surface area contributed by atoms with Crippen molar-refractivity contribution in [1.82, 2.24) is 0 Å². The molecule has 0 aliphatic heterocycles. The molecule has 4 unspecified atom stereocenters. The van der Waals surface area contributed by atoms with Gasteiger partial charge in [0.2, 0.25) is 0 Å². The average molecular weight is 947 g/mol. The van der Waals surface area contributed by atoms with E-state index in [1.165, 1.54) is 77.0 Å². The Morgan fingerprint density at radius 2 is 0.627 bits per heavy atom. The van der Waals surface area contributed by atoms with Crippen LogP contribution in [0.4, 0.5) is 0 Å². The molecule has 0 aromatic rings. The summed E-state index contributed by atoms with van der Waals surface area (Å²) in [7, 11) is 0. The molecule has 4 aliphatic carbocycles. The van der Waals surface area contributed by atoms with Crippen molar-refractivity contribution in [2.75, 3.05) is 39.5 Å². The second kappa shape index (κ2) is 32.6. The minimum Gasteiger partial charge on any atom is -0.461 e. The van der Waals surface area contributed by atoms with Gasteiger partial charge in [-0.15, -0.1) is 0 Å². The molecule has 4 rings (SSSR count). The second-order valence-electron chi connectivity index (χ2n) is 21.4. The van der Waals surface area contributed by atoms with Crippen LogP contribution in [-0.2, 0) is 57.2 Å².